The molecule has 0 bridgehead atoms. The fourth-order valence-electron chi connectivity index (χ4n) is 2.74. The quantitative estimate of drug-likeness (QED) is 0.450. The number of hydrazine groups is 1. The molecule has 1 fully saturated rings. The molecule has 142 valence electrons. The number of carbonyl (C=O) groups excluding carboxylic acids is 1. The topological polar surface area (TPSA) is 95.0 Å². The zero-order valence-electron chi connectivity index (χ0n) is 14.4. The molecule has 3 rings (SSSR count). The minimum Gasteiger partial charge on any atom is -0.504 e. The van der Waals surface area contributed by atoms with E-state index in [4.69, 9.17) is 27.9 Å². The number of nitrogens with zero attached hydrogens (tertiary/aromatic N) is 1. The molecule has 1 aliphatic rings. The minimum atomic E-state index is -0.465. The molecule has 2 aromatic carbocycles. The van der Waals surface area contributed by atoms with Crippen LogP contribution in [0.15, 0.2) is 41.5 Å². The molecular formula is C18H18Cl2N4O3. The predicted molar refractivity (Wildman–Crippen MR) is 104 cm³/mol. The zero-order chi connectivity index (χ0) is 19.4. The molecule has 0 radical (unpaired) electrons. The Hall–Kier alpha value is -2.32. The second kappa shape index (κ2) is 8.58. The van der Waals surface area contributed by atoms with Crippen LogP contribution in [-0.2, 0) is 4.79 Å². The van der Waals surface area contributed by atoms with Gasteiger partial charge in [0.2, 0.25) is 0 Å². The third-order valence-electron chi connectivity index (χ3n) is 4.15. The van der Waals surface area contributed by atoms with Gasteiger partial charge >= 0.3 is 0 Å². The number of rotatable bonds is 5. The Balaban J connectivity index is 1.57. The van der Waals surface area contributed by atoms with Crippen LogP contribution in [0.2, 0.25) is 10.0 Å². The Morgan fingerprint density at radius 1 is 1.30 bits per heavy atom. The average molecular weight is 409 g/mol. The fourth-order valence-corrected chi connectivity index (χ4v) is 3.28. The average Bonchev–Trinajstić information content (AvgIpc) is 3.13. The number of benzene rings is 2. The van der Waals surface area contributed by atoms with E-state index in [0.717, 1.165) is 5.56 Å². The van der Waals surface area contributed by atoms with E-state index in [1.54, 1.807) is 24.3 Å². The number of amides is 1. The van der Waals surface area contributed by atoms with Gasteiger partial charge in [-0.1, -0.05) is 29.3 Å². The van der Waals surface area contributed by atoms with Crippen molar-refractivity contribution >= 4 is 35.3 Å². The highest BCUT2D eigenvalue weighted by Crippen LogP contribution is 2.30. The number of phenolic OH excluding ortho intramolecular Hbond substituents is 1. The van der Waals surface area contributed by atoms with Gasteiger partial charge in [-0.2, -0.15) is 5.10 Å². The number of ether oxygens (including phenoxy) is 1. The van der Waals surface area contributed by atoms with Crippen molar-refractivity contribution in [2.45, 2.75) is 18.5 Å². The van der Waals surface area contributed by atoms with Crippen LogP contribution < -0.4 is 21.0 Å². The highest BCUT2D eigenvalue weighted by Gasteiger charge is 2.31. The molecule has 2 unspecified atom stereocenters. The van der Waals surface area contributed by atoms with E-state index < -0.39 is 6.04 Å². The first-order chi connectivity index (χ1) is 13.0. The first-order valence-corrected chi connectivity index (χ1v) is 8.89. The maximum atomic E-state index is 12.3. The van der Waals surface area contributed by atoms with Crippen LogP contribution in [0.5, 0.6) is 11.5 Å². The summed E-state index contributed by atoms with van der Waals surface area (Å²) in [5, 5.41) is 14.6. The molecular weight excluding hydrogens is 391 g/mol. The van der Waals surface area contributed by atoms with Crippen LogP contribution in [0.25, 0.3) is 0 Å². The van der Waals surface area contributed by atoms with Gasteiger partial charge in [0.05, 0.1) is 13.3 Å². The Morgan fingerprint density at radius 3 is 2.85 bits per heavy atom. The molecule has 1 amide bonds. The lowest BCUT2D eigenvalue weighted by atomic mass is 10.0. The van der Waals surface area contributed by atoms with Crippen molar-refractivity contribution in [3.8, 4) is 11.5 Å². The summed E-state index contributed by atoms with van der Waals surface area (Å²) in [6, 6.07) is 9.44. The van der Waals surface area contributed by atoms with Crippen LogP contribution in [0, 0.1) is 0 Å². The van der Waals surface area contributed by atoms with Crippen molar-refractivity contribution in [3.63, 3.8) is 0 Å². The van der Waals surface area contributed by atoms with Gasteiger partial charge in [-0.05, 0) is 47.9 Å². The second-order valence-corrected chi connectivity index (χ2v) is 6.80. The summed E-state index contributed by atoms with van der Waals surface area (Å²) in [5.74, 6) is 0.0820. The number of carbonyl (C=O) groups is 1. The molecule has 2 aromatic rings. The molecule has 0 aliphatic carbocycles. The van der Waals surface area contributed by atoms with E-state index in [2.05, 4.69) is 21.4 Å². The largest absolute Gasteiger partial charge is 0.504 e. The molecule has 2 atom stereocenters. The molecule has 4 N–H and O–H groups in total. The van der Waals surface area contributed by atoms with Crippen molar-refractivity contribution in [1.82, 2.24) is 16.3 Å². The summed E-state index contributed by atoms with van der Waals surface area (Å²) in [7, 11) is 1.46. The third-order valence-corrected chi connectivity index (χ3v) is 4.71. The van der Waals surface area contributed by atoms with E-state index in [1.165, 1.54) is 19.4 Å². The monoisotopic (exact) mass is 408 g/mol. The number of aromatic hydroxyl groups is 1. The van der Waals surface area contributed by atoms with Gasteiger partial charge in [-0.3, -0.25) is 4.79 Å². The zero-order valence-corrected chi connectivity index (χ0v) is 15.9. The highest BCUT2D eigenvalue weighted by atomic mass is 35.5. The summed E-state index contributed by atoms with van der Waals surface area (Å²) in [6.45, 7) is 0. The normalized spacial score (nSPS) is 19.4. The van der Waals surface area contributed by atoms with E-state index in [1.807, 2.05) is 6.07 Å². The van der Waals surface area contributed by atoms with Crippen molar-refractivity contribution in [2.24, 2.45) is 5.10 Å². The van der Waals surface area contributed by atoms with E-state index in [0.29, 0.717) is 27.8 Å². The lowest BCUT2D eigenvalue weighted by molar-refractivity contribution is -0.122. The van der Waals surface area contributed by atoms with Gasteiger partial charge < -0.3 is 9.84 Å². The third kappa shape index (κ3) is 4.70. The van der Waals surface area contributed by atoms with Gasteiger partial charge in [-0.15, -0.1) is 0 Å². The number of hydrogen-bond donors (Lipinski definition) is 4. The summed E-state index contributed by atoms with van der Waals surface area (Å²) in [4.78, 5) is 12.3. The number of phenols is 1. The molecule has 27 heavy (non-hydrogen) atoms. The van der Waals surface area contributed by atoms with Crippen LogP contribution in [-0.4, -0.2) is 30.4 Å². The summed E-state index contributed by atoms with van der Waals surface area (Å²) in [6.07, 6.45) is 1.98. The first kappa shape index (κ1) is 19.4. The Labute approximate surface area is 166 Å². The molecule has 0 aromatic heterocycles. The van der Waals surface area contributed by atoms with Crippen LogP contribution in [0.3, 0.4) is 0 Å². The van der Waals surface area contributed by atoms with Crippen molar-refractivity contribution < 1.29 is 14.6 Å². The number of hydrazone groups is 1. The summed E-state index contributed by atoms with van der Waals surface area (Å²) < 4.78 is 5.03. The molecule has 1 heterocycles. The highest BCUT2D eigenvalue weighted by molar-refractivity contribution is 6.35. The second-order valence-electron chi connectivity index (χ2n) is 5.96. The SMILES string of the molecule is COc1cc(/C=N/NC(=O)C2CC(c3ccc(Cl)cc3Cl)NN2)ccc1O. The predicted octanol–water partition coefficient (Wildman–Crippen LogP) is 2.77. The smallest absolute Gasteiger partial charge is 0.258 e. The molecule has 1 saturated heterocycles. The maximum Gasteiger partial charge on any atom is 0.258 e. The van der Waals surface area contributed by atoms with Crippen molar-refractivity contribution in [2.75, 3.05) is 7.11 Å². The standard InChI is InChI=1S/C18H18Cl2N4O3/c1-27-17-6-10(2-5-16(17)25)9-21-24-18(26)15-8-14(22-23-15)12-4-3-11(19)7-13(12)20/h2-7,9,14-15,22-23,25H,8H2,1H3,(H,24,26)/b21-9+. The van der Waals surface area contributed by atoms with Crippen molar-refractivity contribution in [3.05, 3.63) is 57.6 Å². The molecule has 0 saturated carbocycles. The van der Waals surface area contributed by atoms with Gasteiger partial charge in [0.15, 0.2) is 11.5 Å². The number of halogens is 2. The Kier molecular flexibility index (Phi) is 6.18. The lowest BCUT2D eigenvalue weighted by Gasteiger charge is -2.11. The molecule has 1 aliphatic heterocycles. The van der Waals surface area contributed by atoms with Gasteiger partial charge in [0, 0.05) is 16.1 Å². The van der Waals surface area contributed by atoms with Gasteiger partial charge in [0.1, 0.15) is 6.04 Å². The van der Waals surface area contributed by atoms with Crippen LogP contribution in [0.4, 0.5) is 0 Å². The number of methoxy groups -OCH3 is 1. The first-order valence-electron chi connectivity index (χ1n) is 8.14. The Bertz CT molecular complexity index is 876. The van der Waals surface area contributed by atoms with E-state index >= 15 is 0 Å². The van der Waals surface area contributed by atoms with Crippen LogP contribution in [0.1, 0.15) is 23.6 Å². The maximum absolute atomic E-state index is 12.3. The summed E-state index contributed by atoms with van der Waals surface area (Å²) >= 11 is 12.1. The van der Waals surface area contributed by atoms with Crippen LogP contribution >= 0.6 is 23.2 Å². The van der Waals surface area contributed by atoms with E-state index in [-0.39, 0.29) is 17.7 Å². The molecule has 7 nitrogen and oxygen atoms in total. The Morgan fingerprint density at radius 2 is 2.11 bits per heavy atom. The fraction of sp³-hybridized carbons (Fsp3) is 0.222. The molecule has 9 heteroatoms. The van der Waals surface area contributed by atoms with Crippen molar-refractivity contribution in [1.29, 1.82) is 0 Å². The minimum absolute atomic E-state index is 0.0341. The number of hydrogen-bond acceptors (Lipinski definition) is 6. The van der Waals surface area contributed by atoms with E-state index in [9.17, 15) is 9.90 Å². The van der Waals surface area contributed by atoms with Gasteiger partial charge in [0.25, 0.3) is 5.91 Å². The number of nitrogens with one attached hydrogen (secondary N) is 3. The summed E-state index contributed by atoms with van der Waals surface area (Å²) in [5.41, 5.74) is 10.0. The molecule has 0 spiro atoms. The lowest BCUT2D eigenvalue weighted by Crippen LogP contribution is -2.41. The van der Waals surface area contributed by atoms with Gasteiger partial charge in [-0.25, -0.2) is 16.3 Å².